The van der Waals surface area contributed by atoms with Gasteiger partial charge in [0.05, 0.1) is 23.2 Å². The van der Waals surface area contributed by atoms with Crippen molar-refractivity contribution in [3.63, 3.8) is 0 Å². The molecule has 0 aromatic heterocycles. The van der Waals surface area contributed by atoms with Gasteiger partial charge in [0.2, 0.25) is 0 Å². The number of ether oxygens (including phenoxy) is 2. The Morgan fingerprint density at radius 2 is 1.81 bits per heavy atom. The molecule has 1 aliphatic rings. The van der Waals surface area contributed by atoms with Gasteiger partial charge in [-0.3, -0.25) is 4.79 Å². The largest absolute Gasteiger partial charge is 0.491 e. The van der Waals surface area contributed by atoms with E-state index >= 15 is 0 Å². The van der Waals surface area contributed by atoms with Crippen molar-refractivity contribution in [1.82, 2.24) is 4.90 Å². The van der Waals surface area contributed by atoms with Gasteiger partial charge in [0.15, 0.2) is 15.9 Å². The lowest BCUT2D eigenvalue weighted by Crippen LogP contribution is -2.46. The highest BCUT2D eigenvalue weighted by Gasteiger charge is 2.36. The number of esters is 1. The van der Waals surface area contributed by atoms with Gasteiger partial charge in [-0.15, -0.1) is 0 Å². The predicted molar refractivity (Wildman–Crippen MR) is 102 cm³/mol. The number of carbonyl (C=O) groups excluding carboxylic acids is 2. The highest BCUT2D eigenvalue weighted by molar-refractivity contribution is 7.91. The third kappa shape index (κ3) is 5.69. The summed E-state index contributed by atoms with van der Waals surface area (Å²) in [5.41, 5.74) is 0.317. The molecule has 1 fully saturated rings. The molecule has 0 bridgehead atoms. The third-order valence-corrected chi connectivity index (χ3v) is 6.12. The van der Waals surface area contributed by atoms with E-state index in [2.05, 4.69) is 0 Å². The Morgan fingerprint density at radius 3 is 2.30 bits per heavy atom. The average Bonchev–Trinajstić information content (AvgIpc) is 2.95. The fourth-order valence-corrected chi connectivity index (χ4v) is 4.80. The Labute approximate surface area is 160 Å². The maximum atomic E-state index is 12.6. The summed E-state index contributed by atoms with van der Waals surface area (Å²) in [5.74, 6) is -0.301. The number of nitrogens with zero attached hydrogens (tertiary/aromatic N) is 1. The number of benzene rings is 1. The molecule has 1 aromatic carbocycles. The molecule has 1 aromatic rings. The molecule has 2 atom stereocenters. The predicted octanol–water partition coefficient (Wildman–Crippen LogP) is 2.05. The van der Waals surface area contributed by atoms with Crippen LogP contribution >= 0.6 is 0 Å². The fourth-order valence-electron chi connectivity index (χ4n) is 3.07. The lowest BCUT2D eigenvalue weighted by Gasteiger charge is -2.29. The van der Waals surface area contributed by atoms with Crippen molar-refractivity contribution in [1.29, 1.82) is 0 Å². The summed E-state index contributed by atoms with van der Waals surface area (Å²) < 4.78 is 34.2. The standard InChI is InChI=1S/C19H27NO6S/c1-5-20(16-10-11-27(23,24)12-16)18(21)14(4)26-19(22)15-6-8-17(9-7-15)25-13(2)3/h6-9,13-14,16H,5,10-12H2,1-4H3/t14-,16+/m1/s1. The van der Waals surface area contributed by atoms with Crippen molar-refractivity contribution >= 4 is 21.7 Å². The van der Waals surface area contributed by atoms with E-state index in [1.807, 2.05) is 13.8 Å². The zero-order valence-electron chi connectivity index (χ0n) is 16.2. The molecular formula is C19H27NO6S. The summed E-state index contributed by atoms with van der Waals surface area (Å²) in [7, 11) is -3.10. The summed E-state index contributed by atoms with van der Waals surface area (Å²) in [6, 6.07) is 6.15. The minimum atomic E-state index is -3.10. The Balaban J connectivity index is 1.99. The Hall–Kier alpha value is -2.09. The first-order chi connectivity index (χ1) is 12.6. The van der Waals surface area contributed by atoms with Gasteiger partial charge in [-0.2, -0.15) is 0 Å². The molecule has 0 aliphatic carbocycles. The molecule has 0 unspecified atom stereocenters. The zero-order chi connectivity index (χ0) is 20.2. The van der Waals surface area contributed by atoms with Crippen LogP contribution in [0.3, 0.4) is 0 Å². The number of carbonyl (C=O) groups is 2. The van der Waals surface area contributed by atoms with Crippen LogP contribution in [0.2, 0.25) is 0 Å². The van der Waals surface area contributed by atoms with Crippen molar-refractivity contribution in [3.05, 3.63) is 29.8 Å². The van der Waals surface area contributed by atoms with Crippen molar-refractivity contribution < 1.29 is 27.5 Å². The molecule has 0 N–H and O–H groups in total. The van der Waals surface area contributed by atoms with E-state index in [0.29, 0.717) is 24.3 Å². The van der Waals surface area contributed by atoms with Crippen molar-refractivity contribution in [2.24, 2.45) is 0 Å². The van der Waals surface area contributed by atoms with Crippen LogP contribution in [-0.2, 0) is 19.4 Å². The molecule has 0 radical (unpaired) electrons. The molecule has 150 valence electrons. The molecule has 1 saturated heterocycles. The van der Waals surface area contributed by atoms with Gasteiger partial charge in [0.1, 0.15) is 5.75 Å². The van der Waals surface area contributed by atoms with E-state index in [0.717, 1.165) is 0 Å². The van der Waals surface area contributed by atoms with E-state index in [4.69, 9.17) is 9.47 Å². The van der Waals surface area contributed by atoms with Crippen molar-refractivity contribution in [2.45, 2.75) is 52.4 Å². The molecule has 7 nitrogen and oxygen atoms in total. The normalized spacial score (nSPS) is 19.5. The maximum absolute atomic E-state index is 12.6. The molecule has 0 saturated carbocycles. The van der Waals surface area contributed by atoms with Crippen LogP contribution in [0.25, 0.3) is 0 Å². The van der Waals surface area contributed by atoms with Gasteiger partial charge >= 0.3 is 5.97 Å². The van der Waals surface area contributed by atoms with Gasteiger partial charge in [0, 0.05) is 12.6 Å². The monoisotopic (exact) mass is 397 g/mol. The van der Waals surface area contributed by atoms with Gasteiger partial charge < -0.3 is 14.4 Å². The molecule has 27 heavy (non-hydrogen) atoms. The topological polar surface area (TPSA) is 90.0 Å². The SMILES string of the molecule is CCN(C(=O)[C@@H](C)OC(=O)c1ccc(OC(C)C)cc1)[C@H]1CCS(=O)(=O)C1. The molecule has 2 rings (SSSR count). The minimum Gasteiger partial charge on any atom is -0.491 e. The Kier molecular flexibility index (Phi) is 6.86. The summed E-state index contributed by atoms with van der Waals surface area (Å²) in [5, 5.41) is 0. The first-order valence-corrected chi connectivity index (χ1v) is 10.9. The van der Waals surface area contributed by atoms with Crippen LogP contribution in [0.15, 0.2) is 24.3 Å². The maximum Gasteiger partial charge on any atom is 0.338 e. The summed E-state index contributed by atoms with van der Waals surface area (Å²) in [6.45, 7) is 7.46. The molecule has 1 amide bonds. The highest BCUT2D eigenvalue weighted by atomic mass is 32.2. The Morgan fingerprint density at radius 1 is 1.19 bits per heavy atom. The van der Waals surface area contributed by atoms with Crippen molar-refractivity contribution in [2.75, 3.05) is 18.1 Å². The van der Waals surface area contributed by atoms with E-state index in [1.165, 1.54) is 11.8 Å². The van der Waals surface area contributed by atoms with Crippen LogP contribution < -0.4 is 4.74 Å². The lowest BCUT2D eigenvalue weighted by atomic mass is 10.2. The van der Waals surface area contributed by atoms with Crippen LogP contribution in [0.5, 0.6) is 5.75 Å². The second kappa shape index (κ2) is 8.73. The third-order valence-electron chi connectivity index (χ3n) is 4.37. The number of likely N-dealkylation sites (N-methyl/N-ethyl adjacent to an activating group) is 1. The quantitative estimate of drug-likeness (QED) is 0.654. The lowest BCUT2D eigenvalue weighted by molar-refractivity contribution is -0.141. The van der Waals surface area contributed by atoms with Crippen LogP contribution in [0, 0.1) is 0 Å². The number of hydrogen-bond acceptors (Lipinski definition) is 6. The van der Waals surface area contributed by atoms with Gasteiger partial charge in [-0.1, -0.05) is 0 Å². The second-order valence-corrected chi connectivity index (χ2v) is 9.15. The second-order valence-electron chi connectivity index (χ2n) is 6.92. The smallest absolute Gasteiger partial charge is 0.338 e. The van der Waals surface area contributed by atoms with E-state index < -0.39 is 21.9 Å². The van der Waals surface area contributed by atoms with Crippen LogP contribution in [-0.4, -0.2) is 61.5 Å². The van der Waals surface area contributed by atoms with Crippen LogP contribution in [0.4, 0.5) is 0 Å². The summed E-state index contributed by atoms with van der Waals surface area (Å²) >= 11 is 0. The number of amides is 1. The molecular weight excluding hydrogens is 370 g/mol. The first-order valence-electron chi connectivity index (χ1n) is 9.11. The molecule has 0 spiro atoms. The average molecular weight is 397 g/mol. The van der Waals surface area contributed by atoms with Gasteiger partial charge in [0.25, 0.3) is 5.91 Å². The number of rotatable bonds is 7. The summed E-state index contributed by atoms with van der Waals surface area (Å²) in [4.78, 5) is 26.4. The Bertz CT molecular complexity index is 772. The number of hydrogen-bond donors (Lipinski definition) is 0. The summed E-state index contributed by atoms with van der Waals surface area (Å²) in [6.07, 6.45) is -0.549. The fraction of sp³-hybridized carbons (Fsp3) is 0.579. The molecule has 1 heterocycles. The van der Waals surface area contributed by atoms with Crippen LogP contribution in [0.1, 0.15) is 44.5 Å². The molecule has 1 aliphatic heterocycles. The number of sulfone groups is 1. The van der Waals surface area contributed by atoms with Crippen molar-refractivity contribution in [3.8, 4) is 5.75 Å². The van der Waals surface area contributed by atoms with Gasteiger partial charge in [-0.25, -0.2) is 13.2 Å². The van der Waals surface area contributed by atoms with E-state index in [1.54, 1.807) is 31.2 Å². The van der Waals surface area contributed by atoms with E-state index in [-0.39, 0.29) is 29.6 Å². The van der Waals surface area contributed by atoms with Gasteiger partial charge in [-0.05, 0) is 58.4 Å². The molecule has 8 heteroatoms. The highest BCUT2D eigenvalue weighted by Crippen LogP contribution is 2.20. The minimum absolute atomic E-state index is 0.0277. The zero-order valence-corrected chi connectivity index (χ0v) is 17.0. The van der Waals surface area contributed by atoms with E-state index in [9.17, 15) is 18.0 Å². The first kappa shape index (κ1) is 21.2.